The lowest BCUT2D eigenvalue weighted by atomic mass is 10.0. The number of anilines is 1. The van der Waals surface area contributed by atoms with Crippen LogP contribution < -0.4 is 15.5 Å². The molecule has 4 nitrogen and oxygen atoms in total. The summed E-state index contributed by atoms with van der Waals surface area (Å²) in [5, 5.41) is 6.28. The molecule has 126 valence electrons. The highest BCUT2D eigenvalue weighted by Gasteiger charge is 2.25. The summed E-state index contributed by atoms with van der Waals surface area (Å²) >= 11 is 0. The van der Waals surface area contributed by atoms with E-state index in [2.05, 4.69) is 64.2 Å². The Labute approximate surface area is 147 Å². The number of carbonyl (C=O) groups excluding carboxylic acids is 1. The Balaban J connectivity index is 1.66. The van der Waals surface area contributed by atoms with E-state index in [9.17, 15) is 4.79 Å². The van der Waals surface area contributed by atoms with Crippen LogP contribution in [0.5, 0.6) is 0 Å². The van der Waals surface area contributed by atoms with Gasteiger partial charge in [0.2, 0.25) is 5.91 Å². The largest absolute Gasteiger partial charge is 0.372 e. The highest BCUT2D eigenvalue weighted by atomic mass is 16.2. The molecule has 2 aliphatic rings. The normalized spacial score (nSPS) is 19.9. The molecule has 2 N–H and O–H groups in total. The van der Waals surface area contributed by atoms with Gasteiger partial charge in [-0.05, 0) is 35.8 Å². The van der Waals surface area contributed by atoms with Crippen molar-refractivity contribution in [3.05, 3.63) is 84.2 Å². The van der Waals surface area contributed by atoms with Crippen molar-refractivity contribution in [2.45, 2.75) is 12.5 Å². The molecule has 1 fully saturated rings. The highest BCUT2D eigenvalue weighted by Crippen LogP contribution is 2.26. The molecule has 4 heteroatoms. The Morgan fingerprint density at radius 2 is 1.72 bits per heavy atom. The van der Waals surface area contributed by atoms with E-state index in [-0.39, 0.29) is 11.9 Å². The van der Waals surface area contributed by atoms with Crippen molar-refractivity contribution in [1.29, 1.82) is 0 Å². The highest BCUT2D eigenvalue weighted by molar-refractivity contribution is 5.84. The number of rotatable bonds is 4. The molecule has 2 aliphatic heterocycles. The van der Waals surface area contributed by atoms with E-state index in [0.29, 0.717) is 0 Å². The smallest absolute Gasteiger partial charge is 0.242 e. The zero-order chi connectivity index (χ0) is 17.1. The van der Waals surface area contributed by atoms with Crippen LogP contribution in [0.15, 0.2) is 78.6 Å². The maximum absolute atomic E-state index is 11.9. The van der Waals surface area contributed by atoms with Gasteiger partial charge in [-0.3, -0.25) is 4.79 Å². The maximum atomic E-state index is 11.9. The van der Waals surface area contributed by atoms with E-state index in [0.717, 1.165) is 30.9 Å². The molecule has 1 unspecified atom stereocenters. The molecule has 2 aromatic carbocycles. The van der Waals surface area contributed by atoms with Gasteiger partial charge in [-0.15, -0.1) is 0 Å². The Morgan fingerprint density at radius 3 is 2.40 bits per heavy atom. The molecule has 0 radical (unpaired) electrons. The van der Waals surface area contributed by atoms with Crippen LogP contribution in [0.4, 0.5) is 5.69 Å². The Bertz CT molecular complexity index is 812. The number of nitrogens with zero attached hydrogens (tertiary/aromatic N) is 1. The molecule has 1 atom stereocenters. The second-order valence-corrected chi connectivity index (χ2v) is 6.36. The number of hydrogen-bond donors (Lipinski definition) is 2. The van der Waals surface area contributed by atoms with E-state index >= 15 is 0 Å². The number of carbonyl (C=O) groups is 1. The maximum Gasteiger partial charge on any atom is 0.242 e. The van der Waals surface area contributed by atoms with Crippen molar-refractivity contribution < 1.29 is 4.79 Å². The molecule has 0 saturated carbocycles. The Hall–Kier alpha value is -3.01. The monoisotopic (exact) mass is 331 g/mol. The summed E-state index contributed by atoms with van der Waals surface area (Å²) < 4.78 is 0. The summed E-state index contributed by atoms with van der Waals surface area (Å²) in [6.45, 7) is 1.54. The standard InChI is InChI=1S/C21H21N3O/c25-21-20(11-12-22-21)23-18-13-17(16-7-3-1-4-8-16)14-24(15-18)19-9-5-2-6-10-19/h1-10,13,15,20,23H,11-12,14H2,(H,22,25). The number of amides is 1. The summed E-state index contributed by atoms with van der Waals surface area (Å²) in [7, 11) is 0. The number of hydrogen-bond acceptors (Lipinski definition) is 3. The van der Waals surface area contributed by atoms with Gasteiger partial charge in [0.05, 0.1) is 5.70 Å². The lowest BCUT2D eigenvalue weighted by Crippen LogP contribution is -2.37. The number of para-hydroxylation sites is 1. The van der Waals surface area contributed by atoms with Gasteiger partial charge in [0.1, 0.15) is 6.04 Å². The van der Waals surface area contributed by atoms with Crippen molar-refractivity contribution >= 4 is 17.2 Å². The lowest BCUT2D eigenvalue weighted by Gasteiger charge is -2.29. The topological polar surface area (TPSA) is 44.4 Å². The fraction of sp³-hybridized carbons (Fsp3) is 0.190. The molecule has 25 heavy (non-hydrogen) atoms. The summed E-state index contributed by atoms with van der Waals surface area (Å²) in [6.07, 6.45) is 5.06. The molecule has 0 aromatic heterocycles. The quantitative estimate of drug-likeness (QED) is 0.905. The van der Waals surface area contributed by atoms with Crippen LogP contribution in [-0.4, -0.2) is 25.0 Å². The van der Waals surface area contributed by atoms with Gasteiger partial charge in [-0.1, -0.05) is 48.5 Å². The lowest BCUT2D eigenvalue weighted by molar-refractivity contribution is -0.120. The van der Waals surface area contributed by atoms with Crippen LogP contribution in [0.3, 0.4) is 0 Å². The van der Waals surface area contributed by atoms with E-state index in [1.165, 1.54) is 11.1 Å². The molecule has 0 aliphatic carbocycles. The van der Waals surface area contributed by atoms with Crippen LogP contribution in [0.25, 0.3) is 5.57 Å². The first kappa shape index (κ1) is 15.5. The second-order valence-electron chi connectivity index (χ2n) is 6.36. The zero-order valence-electron chi connectivity index (χ0n) is 14.0. The first-order valence-electron chi connectivity index (χ1n) is 8.63. The van der Waals surface area contributed by atoms with E-state index in [4.69, 9.17) is 0 Å². The van der Waals surface area contributed by atoms with Crippen LogP contribution in [-0.2, 0) is 4.79 Å². The number of allylic oxidation sites excluding steroid dienone is 1. The van der Waals surface area contributed by atoms with Gasteiger partial charge >= 0.3 is 0 Å². The average molecular weight is 331 g/mol. The summed E-state index contributed by atoms with van der Waals surface area (Å²) in [6, 6.07) is 20.5. The predicted molar refractivity (Wildman–Crippen MR) is 101 cm³/mol. The molecule has 1 amide bonds. The Morgan fingerprint density at radius 1 is 1.00 bits per heavy atom. The van der Waals surface area contributed by atoms with Crippen molar-refractivity contribution in [2.24, 2.45) is 0 Å². The van der Waals surface area contributed by atoms with Gasteiger partial charge in [0, 0.05) is 25.0 Å². The zero-order valence-corrected chi connectivity index (χ0v) is 14.0. The van der Waals surface area contributed by atoms with Gasteiger partial charge < -0.3 is 15.5 Å². The summed E-state index contributed by atoms with van der Waals surface area (Å²) in [5.41, 5.74) is 4.54. The third-order valence-electron chi connectivity index (χ3n) is 4.59. The minimum atomic E-state index is -0.157. The fourth-order valence-electron chi connectivity index (χ4n) is 3.29. The third kappa shape index (κ3) is 3.43. The molecule has 4 rings (SSSR count). The summed E-state index contributed by atoms with van der Waals surface area (Å²) in [5.74, 6) is 0.0763. The molecule has 2 heterocycles. The fourth-order valence-corrected chi connectivity index (χ4v) is 3.29. The van der Waals surface area contributed by atoms with Gasteiger partial charge in [-0.2, -0.15) is 0 Å². The third-order valence-corrected chi connectivity index (χ3v) is 4.59. The molecule has 0 spiro atoms. The van der Waals surface area contributed by atoms with Crippen molar-refractivity contribution in [3.63, 3.8) is 0 Å². The average Bonchev–Trinajstić information content (AvgIpc) is 3.07. The molecule has 2 aromatic rings. The molecular weight excluding hydrogens is 310 g/mol. The second kappa shape index (κ2) is 6.85. The van der Waals surface area contributed by atoms with Crippen molar-refractivity contribution in [1.82, 2.24) is 10.6 Å². The SMILES string of the molecule is O=C1NCCC1NC1=CN(c2ccccc2)CC(c2ccccc2)=C1. The van der Waals surface area contributed by atoms with Crippen molar-refractivity contribution in [3.8, 4) is 0 Å². The number of benzene rings is 2. The first-order valence-corrected chi connectivity index (χ1v) is 8.63. The van der Waals surface area contributed by atoms with E-state index < -0.39 is 0 Å². The number of nitrogens with one attached hydrogen (secondary N) is 2. The van der Waals surface area contributed by atoms with Gasteiger partial charge in [-0.25, -0.2) is 0 Å². The van der Waals surface area contributed by atoms with Crippen LogP contribution >= 0.6 is 0 Å². The predicted octanol–water partition coefficient (Wildman–Crippen LogP) is 2.91. The first-order chi connectivity index (χ1) is 12.3. The molecule has 0 bridgehead atoms. The van der Waals surface area contributed by atoms with Gasteiger partial charge in [0.25, 0.3) is 0 Å². The molecular formula is C21H21N3O. The van der Waals surface area contributed by atoms with Crippen molar-refractivity contribution in [2.75, 3.05) is 18.0 Å². The van der Waals surface area contributed by atoms with Crippen LogP contribution in [0.1, 0.15) is 12.0 Å². The molecule has 1 saturated heterocycles. The van der Waals surface area contributed by atoms with E-state index in [1.54, 1.807) is 0 Å². The van der Waals surface area contributed by atoms with Crippen LogP contribution in [0, 0.1) is 0 Å². The Kier molecular flexibility index (Phi) is 4.25. The minimum absolute atomic E-state index is 0.0763. The van der Waals surface area contributed by atoms with Crippen LogP contribution in [0.2, 0.25) is 0 Å². The van der Waals surface area contributed by atoms with E-state index in [1.807, 2.05) is 24.3 Å². The van der Waals surface area contributed by atoms with Gasteiger partial charge in [0.15, 0.2) is 0 Å². The minimum Gasteiger partial charge on any atom is -0.372 e. The summed E-state index contributed by atoms with van der Waals surface area (Å²) in [4.78, 5) is 14.1.